The average Bonchev–Trinajstić information content (AvgIpc) is 3.34. The first-order valence-electron chi connectivity index (χ1n) is 11.5. The van der Waals surface area contributed by atoms with Gasteiger partial charge >= 0.3 is 0 Å². The summed E-state index contributed by atoms with van der Waals surface area (Å²) in [4.78, 5) is 40.7. The van der Waals surface area contributed by atoms with Crippen molar-refractivity contribution in [2.75, 3.05) is 29.9 Å². The van der Waals surface area contributed by atoms with E-state index in [0.29, 0.717) is 13.1 Å². The molecule has 2 aromatic heterocycles. The van der Waals surface area contributed by atoms with Crippen LogP contribution in [0.1, 0.15) is 37.6 Å². The van der Waals surface area contributed by atoms with Gasteiger partial charge in [0.05, 0.1) is 22.6 Å². The number of pyridine rings is 1. The van der Waals surface area contributed by atoms with Crippen LogP contribution in [-0.4, -0.2) is 46.8 Å². The smallest absolute Gasteiger partial charge is 0.242 e. The normalized spacial score (nSPS) is 15.6. The lowest BCUT2D eigenvalue weighted by Gasteiger charge is -2.27. The third kappa shape index (κ3) is 4.88. The van der Waals surface area contributed by atoms with E-state index in [0.717, 1.165) is 42.1 Å². The Bertz CT molecular complexity index is 1150. The molecular formula is C26H31N5O2S. The fourth-order valence-corrected chi connectivity index (χ4v) is 4.94. The molecule has 1 aliphatic heterocycles. The molecule has 0 N–H and O–H groups in total. The Labute approximate surface area is 205 Å². The van der Waals surface area contributed by atoms with Gasteiger partial charge in [-0.25, -0.2) is 4.98 Å². The van der Waals surface area contributed by atoms with Gasteiger partial charge < -0.3 is 9.80 Å². The van der Waals surface area contributed by atoms with Crippen molar-refractivity contribution in [3.05, 3.63) is 70.4 Å². The van der Waals surface area contributed by atoms with Crippen LogP contribution in [0.25, 0.3) is 0 Å². The topological polar surface area (TPSA) is 69.6 Å². The summed E-state index contributed by atoms with van der Waals surface area (Å²) >= 11 is 1.60. The Balaban J connectivity index is 1.62. The Morgan fingerprint density at radius 2 is 1.88 bits per heavy atom. The number of hydrogen-bond acceptors (Lipinski definition) is 6. The predicted molar refractivity (Wildman–Crippen MR) is 136 cm³/mol. The number of benzene rings is 1. The summed E-state index contributed by atoms with van der Waals surface area (Å²) < 4.78 is 0. The Hall–Kier alpha value is -3.10. The van der Waals surface area contributed by atoms with Crippen LogP contribution in [-0.2, 0) is 29.1 Å². The number of anilines is 2. The van der Waals surface area contributed by atoms with Gasteiger partial charge in [0.25, 0.3) is 0 Å². The van der Waals surface area contributed by atoms with Crippen molar-refractivity contribution < 1.29 is 9.59 Å². The summed E-state index contributed by atoms with van der Waals surface area (Å²) in [5.41, 5.74) is 5.62. The van der Waals surface area contributed by atoms with Crippen molar-refractivity contribution in [3.63, 3.8) is 0 Å². The highest BCUT2D eigenvalue weighted by atomic mass is 32.1. The summed E-state index contributed by atoms with van der Waals surface area (Å²) in [5, 5.41) is 2.08. The van der Waals surface area contributed by atoms with Gasteiger partial charge in [0.2, 0.25) is 11.8 Å². The van der Waals surface area contributed by atoms with Gasteiger partial charge in [0.15, 0.2) is 0 Å². The highest BCUT2D eigenvalue weighted by Gasteiger charge is 2.45. The van der Waals surface area contributed by atoms with Crippen molar-refractivity contribution in [1.82, 2.24) is 14.9 Å². The molecule has 0 saturated carbocycles. The van der Waals surface area contributed by atoms with Crippen molar-refractivity contribution in [1.29, 1.82) is 0 Å². The molecule has 4 rings (SSSR count). The van der Waals surface area contributed by atoms with E-state index in [1.165, 1.54) is 5.56 Å². The number of hydrogen-bond donors (Lipinski definition) is 0. The van der Waals surface area contributed by atoms with Gasteiger partial charge in [-0.1, -0.05) is 12.1 Å². The molecule has 3 heterocycles. The molecule has 0 unspecified atom stereocenters. The van der Waals surface area contributed by atoms with Crippen molar-refractivity contribution in [3.8, 4) is 0 Å². The SMILES string of the molecule is CCN1C(=O)C(C)(C)C(=O)N(C)c2cc(CN(CCc3cccnc3)Cc3cscn3)ccc21. The number of amides is 2. The van der Waals surface area contributed by atoms with E-state index in [1.54, 1.807) is 48.2 Å². The van der Waals surface area contributed by atoms with Crippen LogP contribution >= 0.6 is 11.3 Å². The van der Waals surface area contributed by atoms with Crippen LogP contribution in [0.3, 0.4) is 0 Å². The van der Waals surface area contributed by atoms with Gasteiger partial charge in [-0.15, -0.1) is 11.3 Å². The summed E-state index contributed by atoms with van der Waals surface area (Å²) in [6.07, 6.45) is 4.57. The minimum atomic E-state index is -1.11. The lowest BCUT2D eigenvalue weighted by molar-refractivity contribution is -0.137. The maximum atomic E-state index is 13.2. The van der Waals surface area contributed by atoms with Crippen LogP contribution in [0, 0.1) is 5.41 Å². The van der Waals surface area contributed by atoms with Crippen molar-refractivity contribution in [2.24, 2.45) is 5.41 Å². The van der Waals surface area contributed by atoms with E-state index >= 15 is 0 Å². The zero-order valence-electron chi connectivity index (χ0n) is 20.2. The fourth-order valence-electron chi connectivity index (χ4n) is 4.40. The van der Waals surface area contributed by atoms with Crippen LogP contribution in [0.2, 0.25) is 0 Å². The molecule has 34 heavy (non-hydrogen) atoms. The van der Waals surface area contributed by atoms with Gasteiger partial charge in [-0.05, 0) is 56.5 Å². The lowest BCUT2D eigenvalue weighted by atomic mass is 9.90. The molecule has 0 saturated heterocycles. The monoisotopic (exact) mass is 477 g/mol. The molecule has 1 aliphatic rings. The van der Waals surface area contributed by atoms with E-state index in [4.69, 9.17) is 0 Å². The third-order valence-corrected chi connectivity index (χ3v) is 6.98. The average molecular weight is 478 g/mol. The molecule has 178 valence electrons. The molecule has 2 amide bonds. The molecule has 0 spiro atoms. The van der Waals surface area contributed by atoms with Crippen LogP contribution in [0.15, 0.2) is 53.6 Å². The Morgan fingerprint density at radius 3 is 2.56 bits per heavy atom. The number of thiazole rings is 1. The molecule has 0 atom stereocenters. The third-order valence-electron chi connectivity index (χ3n) is 6.34. The molecule has 8 heteroatoms. The van der Waals surface area contributed by atoms with Crippen molar-refractivity contribution in [2.45, 2.75) is 40.3 Å². The number of nitrogens with zero attached hydrogens (tertiary/aromatic N) is 5. The largest absolute Gasteiger partial charge is 0.313 e. The van der Waals surface area contributed by atoms with Crippen LogP contribution < -0.4 is 9.80 Å². The zero-order chi connectivity index (χ0) is 24.3. The summed E-state index contributed by atoms with van der Waals surface area (Å²) in [6.45, 7) is 8.15. The predicted octanol–water partition coefficient (Wildman–Crippen LogP) is 4.14. The molecule has 0 fully saturated rings. The first-order chi connectivity index (χ1) is 16.3. The van der Waals surface area contributed by atoms with E-state index in [9.17, 15) is 9.59 Å². The van der Waals surface area contributed by atoms with Gasteiger partial charge in [0, 0.05) is 51.0 Å². The van der Waals surface area contributed by atoms with Crippen LogP contribution in [0.5, 0.6) is 0 Å². The van der Waals surface area contributed by atoms with E-state index in [1.807, 2.05) is 36.8 Å². The Kier molecular flexibility index (Phi) is 7.09. The number of aromatic nitrogens is 2. The summed E-state index contributed by atoms with van der Waals surface area (Å²) in [7, 11) is 1.76. The standard InChI is InChI=1S/C26H31N5O2S/c1-5-31-22-9-8-20(13-23(22)29(4)24(32)26(2,3)25(31)33)15-30(16-21-17-34-18-28-21)12-10-19-7-6-11-27-14-19/h6-9,11,13-14,17-18H,5,10,12,15-16H2,1-4H3. The zero-order valence-corrected chi connectivity index (χ0v) is 21.0. The Morgan fingerprint density at radius 1 is 1.06 bits per heavy atom. The second kappa shape index (κ2) is 10.0. The maximum Gasteiger partial charge on any atom is 0.242 e. The number of rotatable bonds is 8. The summed E-state index contributed by atoms with van der Waals surface area (Å²) in [5.74, 6) is -0.359. The van der Waals surface area contributed by atoms with Gasteiger partial charge in [0.1, 0.15) is 5.41 Å². The molecule has 0 bridgehead atoms. The first kappa shape index (κ1) is 24.0. The van der Waals surface area contributed by atoms with E-state index in [-0.39, 0.29) is 11.8 Å². The highest BCUT2D eigenvalue weighted by Crippen LogP contribution is 2.39. The summed E-state index contributed by atoms with van der Waals surface area (Å²) in [6, 6.07) is 10.1. The number of carbonyl (C=O) groups is 2. The lowest BCUT2D eigenvalue weighted by Crippen LogP contribution is -2.47. The second-order valence-corrected chi connectivity index (χ2v) is 9.88. The van der Waals surface area contributed by atoms with Crippen molar-refractivity contribution >= 4 is 34.5 Å². The second-order valence-electron chi connectivity index (χ2n) is 9.16. The first-order valence-corrected chi connectivity index (χ1v) is 12.5. The van der Waals surface area contributed by atoms with E-state index in [2.05, 4.69) is 32.4 Å². The molecule has 3 aromatic rings. The highest BCUT2D eigenvalue weighted by molar-refractivity contribution is 7.07. The quantitative estimate of drug-likeness (QED) is 0.456. The minimum Gasteiger partial charge on any atom is -0.313 e. The van der Waals surface area contributed by atoms with Gasteiger partial charge in [-0.3, -0.25) is 19.5 Å². The number of fused-ring (bicyclic) bond motifs is 1. The molecule has 1 aromatic carbocycles. The molecule has 0 radical (unpaired) electrons. The van der Waals surface area contributed by atoms with E-state index < -0.39 is 5.41 Å². The van der Waals surface area contributed by atoms with Crippen LogP contribution in [0.4, 0.5) is 11.4 Å². The molecular weight excluding hydrogens is 446 g/mol. The number of carbonyl (C=O) groups excluding carboxylic acids is 2. The minimum absolute atomic E-state index is 0.167. The fraction of sp³-hybridized carbons (Fsp3) is 0.385. The van der Waals surface area contributed by atoms with Gasteiger partial charge in [-0.2, -0.15) is 0 Å². The maximum absolute atomic E-state index is 13.2. The molecule has 7 nitrogen and oxygen atoms in total. The molecule has 0 aliphatic carbocycles.